The van der Waals surface area contributed by atoms with E-state index < -0.39 is 11.7 Å². The number of piperidine rings is 1. The van der Waals surface area contributed by atoms with Crippen LogP contribution in [0.1, 0.15) is 41.4 Å². The fourth-order valence-corrected chi connectivity index (χ4v) is 3.94. The molecule has 1 aliphatic heterocycles. The third-order valence-electron chi connectivity index (χ3n) is 5.68. The molecule has 2 heterocycles. The number of hydrogen-bond donors (Lipinski definition) is 3. The van der Waals surface area contributed by atoms with Crippen LogP contribution in [0.15, 0.2) is 65.6 Å². The van der Waals surface area contributed by atoms with Crippen molar-refractivity contribution in [3.05, 3.63) is 93.8 Å². The molecule has 32 heavy (non-hydrogen) atoms. The van der Waals surface area contributed by atoms with E-state index in [4.69, 9.17) is 5.73 Å². The molecule has 8 heteroatoms. The van der Waals surface area contributed by atoms with Crippen LogP contribution >= 0.6 is 0 Å². The normalized spacial score (nSPS) is 15.7. The predicted molar refractivity (Wildman–Crippen MR) is 118 cm³/mol. The molecular formula is C24H23F3N4O. The minimum Gasteiger partial charge on any atom is -0.404 e. The van der Waals surface area contributed by atoms with Crippen LogP contribution in [-0.2, 0) is 6.18 Å². The van der Waals surface area contributed by atoms with E-state index in [1.807, 2.05) is 12.1 Å². The van der Waals surface area contributed by atoms with Crippen molar-refractivity contribution in [1.29, 1.82) is 0 Å². The maximum absolute atomic E-state index is 12.8. The molecule has 0 unspecified atom stereocenters. The summed E-state index contributed by atoms with van der Waals surface area (Å²) in [6.07, 6.45) is -1.13. The Morgan fingerprint density at radius 1 is 1.00 bits per heavy atom. The first-order valence-electron chi connectivity index (χ1n) is 10.4. The molecule has 0 bridgehead atoms. The number of hydrogen-bond acceptors (Lipinski definition) is 4. The second-order valence-electron chi connectivity index (χ2n) is 7.78. The number of H-pyrrole nitrogens is 1. The molecule has 0 aliphatic carbocycles. The summed E-state index contributed by atoms with van der Waals surface area (Å²) in [5.41, 5.74) is 8.48. The lowest BCUT2D eigenvalue weighted by atomic mass is 9.94. The summed E-state index contributed by atoms with van der Waals surface area (Å²) in [6.45, 7) is 1.78. The van der Waals surface area contributed by atoms with Crippen LogP contribution in [0.3, 0.4) is 0 Å². The Bertz CT molecular complexity index is 1160. The molecule has 2 aromatic carbocycles. The summed E-state index contributed by atoms with van der Waals surface area (Å²) < 4.78 is 38.4. The van der Waals surface area contributed by atoms with Gasteiger partial charge >= 0.3 is 6.18 Å². The Hall–Kier alpha value is -3.39. The van der Waals surface area contributed by atoms with E-state index in [1.54, 1.807) is 18.2 Å². The molecule has 4 rings (SSSR count). The van der Waals surface area contributed by atoms with Gasteiger partial charge in [-0.15, -0.1) is 0 Å². The van der Waals surface area contributed by atoms with E-state index in [-0.39, 0.29) is 11.5 Å². The number of nitrogens with zero attached hydrogens (tertiary/aromatic N) is 1. The van der Waals surface area contributed by atoms with E-state index in [0.717, 1.165) is 54.9 Å². The molecule has 4 N–H and O–H groups in total. The SMILES string of the molecule is NC=C(c1ccc(-c2ccc(C(F)(F)F)cc2)cc1)c1nc(C2CCNCC2)cc(=O)[nH]1. The van der Waals surface area contributed by atoms with Crippen LogP contribution < -0.4 is 16.6 Å². The van der Waals surface area contributed by atoms with Crippen molar-refractivity contribution in [3.63, 3.8) is 0 Å². The monoisotopic (exact) mass is 440 g/mol. The zero-order valence-electron chi connectivity index (χ0n) is 17.2. The molecule has 1 aromatic heterocycles. The molecule has 0 atom stereocenters. The van der Waals surface area contributed by atoms with E-state index in [2.05, 4.69) is 15.3 Å². The second-order valence-corrected chi connectivity index (χ2v) is 7.78. The van der Waals surface area contributed by atoms with Crippen LogP contribution in [0.4, 0.5) is 13.2 Å². The van der Waals surface area contributed by atoms with E-state index in [9.17, 15) is 18.0 Å². The molecule has 5 nitrogen and oxygen atoms in total. The summed E-state index contributed by atoms with van der Waals surface area (Å²) in [4.78, 5) is 19.7. The number of rotatable bonds is 4. The van der Waals surface area contributed by atoms with E-state index in [0.29, 0.717) is 17.0 Å². The highest BCUT2D eigenvalue weighted by Gasteiger charge is 2.30. The summed E-state index contributed by atoms with van der Waals surface area (Å²) in [5.74, 6) is 0.620. The maximum Gasteiger partial charge on any atom is 0.416 e. The minimum absolute atomic E-state index is 0.221. The molecule has 166 valence electrons. The van der Waals surface area contributed by atoms with Crippen molar-refractivity contribution in [2.45, 2.75) is 24.9 Å². The number of nitrogens with one attached hydrogen (secondary N) is 2. The summed E-state index contributed by atoms with van der Waals surface area (Å²) in [5, 5.41) is 3.30. The average molecular weight is 440 g/mol. The van der Waals surface area contributed by atoms with Gasteiger partial charge in [-0.25, -0.2) is 4.98 Å². The first-order valence-corrected chi connectivity index (χ1v) is 10.4. The molecule has 0 radical (unpaired) electrons. The van der Waals surface area contributed by atoms with Crippen LogP contribution in [-0.4, -0.2) is 23.1 Å². The third-order valence-corrected chi connectivity index (χ3v) is 5.68. The topological polar surface area (TPSA) is 83.8 Å². The number of halogens is 3. The Morgan fingerprint density at radius 2 is 1.59 bits per heavy atom. The first-order chi connectivity index (χ1) is 15.3. The number of aromatic nitrogens is 2. The lowest BCUT2D eigenvalue weighted by Gasteiger charge is -2.22. The zero-order valence-corrected chi connectivity index (χ0v) is 17.2. The van der Waals surface area contributed by atoms with Crippen LogP contribution in [0, 0.1) is 0 Å². The van der Waals surface area contributed by atoms with Gasteiger partial charge in [-0.1, -0.05) is 36.4 Å². The van der Waals surface area contributed by atoms with Gasteiger partial charge in [0.15, 0.2) is 0 Å². The Morgan fingerprint density at radius 3 is 2.16 bits per heavy atom. The smallest absolute Gasteiger partial charge is 0.404 e. The first kappa shape index (κ1) is 21.8. The largest absolute Gasteiger partial charge is 0.416 e. The molecule has 0 saturated carbocycles. The average Bonchev–Trinajstić information content (AvgIpc) is 2.80. The minimum atomic E-state index is -4.37. The van der Waals surface area contributed by atoms with Crippen molar-refractivity contribution >= 4 is 5.57 Å². The quantitative estimate of drug-likeness (QED) is 0.566. The van der Waals surface area contributed by atoms with Crippen molar-refractivity contribution in [2.75, 3.05) is 13.1 Å². The van der Waals surface area contributed by atoms with Crippen molar-refractivity contribution < 1.29 is 13.2 Å². The highest BCUT2D eigenvalue weighted by Crippen LogP contribution is 2.31. The number of benzene rings is 2. The fraction of sp³-hybridized carbons (Fsp3) is 0.250. The highest BCUT2D eigenvalue weighted by molar-refractivity contribution is 5.77. The predicted octanol–water partition coefficient (Wildman–Crippen LogP) is 4.27. The lowest BCUT2D eigenvalue weighted by molar-refractivity contribution is -0.137. The Labute approximate surface area is 183 Å². The second kappa shape index (κ2) is 9.00. The summed E-state index contributed by atoms with van der Waals surface area (Å²) in [6, 6.07) is 13.8. The Balaban J connectivity index is 1.60. The van der Waals surface area contributed by atoms with Crippen LogP contribution in [0.2, 0.25) is 0 Å². The Kier molecular flexibility index (Phi) is 6.14. The van der Waals surface area contributed by atoms with Crippen molar-refractivity contribution in [1.82, 2.24) is 15.3 Å². The van der Waals surface area contributed by atoms with Gasteiger partial charge in [0.25, 0.3) is 5.56 Å². The van der Waals surface area contributed by atoms with Crippen molar-refractivity contribution in [3.8, 4) is 11.1 Å². The lowest BCUT2D eigenvalue weighted by Crippen LogP contribution is -2.28. The van der Waals surface area contributed by atoms with Gasteiger partial charge in [0.2, 0.25) is 0 Å². The van der Waals surface area contributed by atoms with Gasteiger partial charge < -0.3 is 16.0 Å². The highest BCUT2D eigenvalue weighted by atomic mass is 19.4. The molecule has 1 fully saturated rings. The van der Waals surface area contributed by atoms with E-state index >= 15 is 0 Å². The molecule has 0 spiro atoms. The van der Waals surface area contributed by atoms with Gasteiger partial charge in [-0.3, -0.25) is 4.79 Å². The van der Waals surface area contributed by atoms with Crippen LogP contribution in [0.25, 0.3) is 16.7 Å². The van der Waals surface area contributed by atoms with Gasteiger partial charge in [-0.05, 0) is 54.8 Å². The van der Waals surface area contributed by atoms with Crippen LogP contribution in [0.5, 0.6) is 0 Å². The van der Waals surface area contributed by atoms with Gasteiger partial charge in [-0.2, -0.15) is 13.2 Å². The van der Waals surface area contributed by atoms with Gasteiger partial charge in [0.05, 0.1) is 11.3 Å². The number of alkyl halides is 3. The number of nitrogens with two attached hydrogens (primary N) is 1. The van der Waals surface area contributed by atoms with Gasteiger partial charge in [0.1, 0.15) is 5.82 Å². The molecule has 3 aromatic rings. The zero-order chi connectivity index (χ0) is 22.7. The molecule has 0 amide bonds. The molecular weight excluding hydrogens is 417 g/mol. The summed E-state index contributed by atoms with van der Waals surface area (Å²) in [7, 11) is 0. The van der Waals surface area contributed by atoms with E-state index in [1.165, 1.54) is 18.3 Å². The number of aromatic amines is 1. The van der Waals surface area contributed by atoms with Gasteiger partial charge in [0, 0.05) is 23.8 Å². The molecule has 1 aliphatic rings. The molecule has 1 saturated heterocycles. The van der Waals surface area contributed by atoms with Crippen molar-refractivity contribution in [2.24, 2.45) is 5.73 Å². The fourth-order valence-electron chi connectivity index (χ4n) is 3.94. The maximum atomic E-state index is 12.8. The third kappa shape index (κ3) is 4.75. The summed E-state index contributed by atoms with van der Waals surface area (Å²) >= 11 is 0. The standard InChI is InChI=1S/C24H23F3N4O/c25-24(26,27)19-7-5-16(6-8-19)15-1-3-17(4-2-15)20(14-28)23-30-21(13-22(32)31-23)18-9-11-29-12-10-18/h1-8,13-14,18,29H,9-12,28H2,(H,30,31,32).